The Morgan fingerprint density at radius 2 is 2.08 bits per heavy atom. The SMILES string of the molecule is CC(C(=O)Nc1ncccn1)N1CCc2c(nc(C3CC3)n2C)C1. The fourth-order valence-electron chi connectivity index (χ4n) is 3.35. The first-order valence-electron chi connectivity index (χ1n) is 8.50. The van der Waals surface area contributed by atoms with Gasteiger partial charge in [0.2, 0.25) is 11.9 Å². The van der Waals surface area contributed by atoms with Gasteiger partial charge in [-0.3, -0.25) is 15.0 Å². The number of amides is 1. The minimum Gasteiger partial charge on any atom is -0.335 e. The maximum atomic E-state index is 12.5. The molecule has 2 aromatic rings. The second-order valence-corrected chi connectivity index (χ2v) is 6.65. The van der Waals surface area contributed by atoms with Crippen molar-refractivity contribution in [2.45, 2.75) is 44.7 Å². The summed E-state index contributed by atoms with van der Waals surface area (Å²) in [5.74, 6) is 2.13. The van der Waals surface area contributed by atoms with Gasteiger partial charge in [-0.2, -0.15) is 0 Å². The van der Waals surface area contributed by atoms with E-state index in [1.165, 1.54) is 24.4 Å². The van der Waals surface area contributed by atoms with Gasteiger partial charge in [0, 0.05) is 50.6 Å². The van der Waals surface area contributed by atoms with E-state index < -0.39 is 0 Å². The summed E-state index contributed by atoms with van der Waals surface area (Å²) in [6.07, 6.45) is 6.68. The summed E-state index contributed by atoms with van der Waals surface area (Å²) >= 11 is 0. The van der Waals surface area contributed by atoms with Crippen LogP contribution in [0.2, 0.25) is 0 Å². The van der Waals surface area contributed by atoms with Gasteiger partial charge < -0.3 is 4.57 Å². The van der Waals surface area contributed by atoms with Crippen LogP contribution in [0.1, 0.15) is 42.9 Å². The second kappa shape index (κ2) is 5.98. The van der Waals surface area contributed by atoms with Crippen molar-refractivity contribution in [1.82, 2.24) is 24.4 Å². The summed E-state index contributed by atoms with van der Waals surface area (Å²) in [5, 5.41) is 2.78. The molecule has 1 amide bonds. The third-order valence-corrected chi connectivity index (χ3v) is 4.99. The Hall–Kier alpha value is -2.28. The van der Waals surface area contributed by atoms with Gasteiger partial charge in [-0.1, -0.05) is 0 Å². The zero-order valence-corrected chi connectivity index (χ0v) is 14.1. The van der Waals surface area contributed by atoms with E-state index in [1.807, 2.05) is 6.92 Å². The minimum atomic E-state index is -0.242. The van der Waals surface area contributed by atoms with Crippen molar-refractivity contribution >= 4 is 11.9 Å². The molecule has 7 nitrogen and oxygen atoms in total. The molecule has 0 bridgehead atoms. The first-order chi connectivity index (χ1) is 11.6. The van der Waals surface area contributed by atoms with Crippen LogP contribution in [0.5, 0.6) is 0 Å². The van der Waals surface area contributed by atoms with Crippen LogP contribution in [0.3, 0.4) is 0 Å². The Bertz CT molecular complexity index is 752. The standard InChI is InChI=1S/C17H22N6O/c1-11(16(24)21-17-18-7-3-8-19-17)23-9-6-14-13(10-23)20-15(22(14)2)12-4-5-12/h3,7-8,11-12H,4-6,9-10H2,1-2H3,(H,18,19,21,24). The fourth-order valence-corrected chi connectivity index (χ4v) is 3.35. The third-order valence-electron chi connectivity index (χ3n) is 4.99. The zero-order chi connectivity index (χ0) is 16.7. The largest absolute Gasteiger partial charge is 0.335 e. The molecule has 0 saturated heterocycles. The number of carbonyl (C=O) groups is 1. The van der Waals surface area contributed by atoms with Gasteiger partial charge in [-0.05, 0) is 25.8 Å². The number of hydrogen-bond acceptors (Lipinski definition) is 5. The number of rotatable bonds is 4. The van der Waals surface area contributed by atoms with Crippen LogP contribution < -0.4 is 5.32 Å². The van der Waals surface area contributed by atoms with E-state index in [-0.39, 0.29) is 11.9 Å². The molecular formula is C17H22N6O. The van der Waals surface area contributed by atoms with Crippen molar-refractivity contribution in [3.05, 3.63) is 35.7 Å². The summed E-state index contributed by atoms with van der Waals surface area (Å²) in [6, 6.07) is 1.48. The monoisotopic (exact) mass is 326 g/mol. The Labute approximate surface area is 141 Å². The predicted molar refractivity (Wildman–Crippen MR) is 89.4 cm³/mol. The molecule has 0 spiro atoms. The van der Waals surface area contributed by atoms with Crippen LogP contribution in [0.4, 0.5) is 5.95 Å². The van der Waals surface area contributed by atoms with E-state index in [0.717, 1.165) is 25.2 Å². The molecule has 2 aliphatic rings. The van der Waals surface area contributed by atoms with Crippen molar-refractivity contribution in [2.24, 2.45) is 7.05 Å². The Morgan fingerprint density at radius 1 is 1.33 bits per heavy atom. The van der Waals surface area contributed by atoms with E-state index in [1.54, 1.807) is 18.5 Å². The highest BCUT2D eigenvalue weighted by molar-refractivity contribution is 5.93. The van der Waals surface area contributed by atoms with E-state index in [2.05, 4.69) is 31.8 Å². The summed E-state index contributed by atoms with van der Waals surface area (Å²) in [4.78, 5) is 27.6. The topological polar surface area (TPSA) is 75.9 Å². The molecule has 0 radical (unpaired) electrons. The van der Waals surface area contributed by atoms with E-state index in [0.29, 0.717) is 11.9 Å². The number of nitrogens with zero attached hydrogens (tertiary/aromatic N) is 5. The quantitative estimate of drug-likeness (QED) is 0.921. The third kappa shape index (κ3) is 2.80. The number of imidazole rings is 1. The van der Waals surface area contributed by atoms with Crippen LogP contribution in [-0.4, -0.2) is 42.9 Å². The first-order valence-corrected chi connectivity index (χ1v) is 8.50. The summed E-state index contributed by atoms with van der Waals surface area (Å²) in [7, 11) is 2.12. The molecule has 1 atom stereocenters. The molecule has 1 aliphatic heterocycles. The van der Waals surface area contributed by atoms with E-state index >= 15 is 0 Å². The lowest BCUT2D eigenvalue weighted by molar-refractivity contribution is -0.121. The van der Waals surface area contributed by atoms with E-state index in [4.69, 9.17) is 4.98 Å². The lowest BCUT2D eigenvalue weighted by atomic mass is 10.1. The average molecular weight is 326 g/mol. The highest BCUT2D eigenvalue weighted by atomic mass is 16.2. The van der Waals surface area contributed by atoms with Crippen molar-refractivity contribution in [1.29, 1.82) is 0 Å². The molecular weight excluding hydrogens is 304 g/mol. The molecule has 3 heterocycles. The van der Waals surface area contributed by atoms with Crippen LogP contribution in [0, 0.1) is 0 Å². The minimum absolute atomic E-state index is 0.0806. The Balaban J connectivity index is 1.45. The number of hydrogen-bond donors (Lipinski definition) is 1. The lowest BCUT2D eigenvalue weighted by Gasteiger charge is -2.31. The van der Waals surface area contributed by atoms with Crippen LogP contribution in [0.15, 0.2) is 18.5 Å². The molecule has 1 N–H and O–H groups in total. The van der Waals surface area contributed by atoms with E-state index in [9.17, 15) is 4.79 Å². The van der Waals surface area contributed by atoms with Gasteiger partial charge in [-0.25, -0.2) is 15.0 Å². The number of anilines is 1. The maximum absolute atomic E-state index is 12.5. The number of aromatic nitrogens is 4. The first kappa shape index (κ1) is 15.3. The van der Waals surface area contributed by atoms with Crippen molar-refractivity contribution in [2.75, 3.05) is 11.9 Å². The van der Waals surface area contributed by atoms with Gasteiger partial charge in [0.25, 0.3) is 0 Å². The smallest absolute Gasteiger partial charge is 0.243 e. The van der Waals surface area contributed by atoms with Crippen LogP contribution in [0.25, 0.3) is 0 Å². The normalized spacial score (nSPS) is 18.9. The van der Waals surface area contributed by atoms with Gasteiger partial charge in [0.1, 0.15) is 5.82 Å². The van der Waals surface area contributed by atoms with Gasteiger partial charge in [0.05, 0.1) is 11.7 Å². The number of carbonyl (C=O) groups excluding carboxylic acids is 1. The summed E-state index contributed by atoms with van der Waals surface area (Å²) < 4.78 is 2.27. The maximum Gasteiger partial charge on any atom is 0.243 e. The Morgan fingerprint density at radius 3 is 2.79 bits per heavy atom. The molecule has 1 saturated carbocycles. The number of fused-ring (bicyclic) bond motifs is 1. The molecule has 0 aromatic carbocycles. The number of nitrogens with one attached hydrogen (secondary N) is 1. The van der Waals surface area contributed by atoms with Crippen molar-refractivity contribution in [3.63, 3.8) is 0 Å². The molecule has 1 aliphatic carbocycles. The molecule has 126 valence electrons. The van der Waals surface area contributed by atoms with Crippen molar-refractivity contribution < 1.29 is 4.79 Å². The average Bonchev–Trinajstić information content (AvgIpc) is 3.39. The molecule has 7 heteroatoms. The molecule has 1 unspecified atom stereocenters. The highest BCUT2D eigenvalue weighted by Gasteiger charge is 2.33. The molecule has 24 heavy (non-hydrogen) atoms. The summed E-state index contributed by atoms with van der Waals surface area (Å²) in [5.41, 5.74) is 2.45. The lowest BCUT2D eigenvalue weighted by Crippen LogP contribution is -2.44. The van der Waals surface area contributed by atoms with Gasteiger partial charge >= 0.3 is 0 Å². The highest BCUT2D eigenvalue weighted by Crippen LogP contribution is 2.40. The van der Waals surface area contributed by atoms with Gasteiger partial charge in [-0.15, -0.1) is 0 Å². The second-order valence-electron chi connectivity index (χ2n) is 6.65. The van der Waals surface area contributed by atoms with Gasteiger partial charge in [0.15, 0.2) is 0 Å². The van der Waals surface area contributed by atoms with Crippen LogP contribution in [-0.2, 0) is 24.8 Å². The summed E-state index contributed by atoms with van der Waals surface area (Å²) in [6.45, 7) is 3.51. The predicted octanol–water partition coefficient (Wildman–Crippen LogP) is 1.47. The molecule has 4 rings (SSSR count). The zero-order valence-electron chi connectivity index (χ0n) is 14.1. The fraction of sp³-hybridized carbons (Fsp3) is 0.529. The van der Waals surface area contributed by atoms with Crippen LogP contribution >= 0.6 is 0 Å². The van der Waals surface area contributed by atoms with Crippen molar-refractivity contribution in [3.8, 4) is 0 Å². The molecule has 1 fully saturated rings. The molecule has 2 aromatic heterocycles. The Kier molecular flexibility index (Phi) is 3.80.